The van der Waals surface area contributed by atoms with Gasteiger partial charge in [-0.25, -0.2) is 9.36 Å². The van der Waals surface area contributed by atoms with Crippen molar-refractivity contribution < 1.29 is 33.5 Å². The number of aliphatic hydroxyl groups excluding tert-OH is 1. The van der Waals surface area contributed by atoms with Crippen molar-refractivity contribution in [1.82, 2.24) is 0 Å². The summed E-state index contributed by atoms with van der Waals surface area (Å²) in [6.07, 6.45) is 1.56. The second-order valence-electron chi connectivity index (χ2n) is 3.32. The van der Waals surface area contributed by atoms with Crippen LogP contribution in [0.3, 0.4) is 0 Å². The molecule has 7 nitrogen and oxygen atoms in total. The zero-order valence-corrected chi connectivity index (χ0v) is 11.6. The van der Waals surface area contributed by atoms with E-state index in [4.69, 9.17) is 14.9 Å². The highest BCUT2D eigenvalue weighted by Gasteiger charge is 2.11. The Kier molecular flexibility index (Phi) is 12.4. The Labute approximate surface area is 107 Å². The molecule has 3 N–H and O–H groups in total. The zero-order valence-electron chi connectivity index (χ0n) is 10.7. The molecule has 0 saturated carbocycles. The lowest BCUT2D eigenvalue weighted by Crippen LogP contribution is -2.08. The molecule has 0 amide bonds. The third-order valence-electron chi connectivity index (χ3n) is 1.43. The van der Waals surface area contributed by atoms with Gasteiger partial charge in [-0.15, -0.1) is 0 Å². The Morgan fingerprint density at radius 2 is 1.89 bits per heavy atom. The normalized spacial score (nSPS) is 10.3. The molecule has 0 heterocycles. The molecule has 0 spiro atoms. The average molecular weight is 284 g/mol. The van der Waals surface area contributed by atoms with Gasteiger partial charge in [-0.3, -0.25) is 4.52 Å². The topological polar surface area (TPSA) is 113 Å². The van der Waals surface area contributed by atoms with E-state index in [1.54, 1.807) is 6.92 Å². The summed E-state index contributed by atoms with van der Waals surface area (Å²) in [4.78, 5) is 26.7. The number of hydrogen-bond donors (Lipinski definition) is 3. The van der Waals surface area contributed by atoms with Crippen molar-refractivity contribution in [3.63, 3.8) is 0 Å². The van der Waals surface area contributed by atoms with E-state index in [-0.39, 0.29) is 19.8 Å². The minimum Gasteiger partial charge on any atom is -0.460 e. The number of phosphoric acid groups is 1. The molecule has 0 aliphatic heterocycles. The number of unbranched alkanes of at least 4 members (excludes halogenated alkanes) is 1. The van der Waals surface area contributed by atoms with Crippen LogP contribution < -0.4 is 0 Å². The number of phosphoric ester groups is 1. The lowest BCUT2D eigenvalue weighted by atomic mass is 10.4. The van der Waals surface area contributed by atoms with E-state index in [1.807, 2.05) is 6.92 Å². The Balaban J connectivity index is 0. The summed E-state index contributed by atoms with van der Waals surface area (Å²) in [5.74, 6) is -0.455. The van der Waals surface area contributed by atoms with E-state index in [9.17, 15) is 9.36 Å². The number of esters is 1. The minimum atomic E-state index is -4.20. The Bertz CT molecular complexity index is 284. The van der Waals surface area contributed by atoms with Crippen LogP contribution in [0, 0.1) is 0 Å². The first-order valence-electron chi connectivity index (χ1n) is 5.38. The van der Waals surface area contributed by atoms with E-state index in [1.165, 1.54) is 0 Å². The minimum absolute atomic E-state index is 0.0473. The maximum absolute atomic E-state index is 10.5. The molecule has 0 rings (SSSR count). The predicted octanol–water partition coefficient (Wildman–Crippen LogP) is 0.994. The summed E-state index contributed by atoms with van der Waals surface area (Å²) in [6.45, 7) is 6.87. The molecule has 0 radical (unpaired) electrons. The zero-order chi connectivity index (χ0) is 14.6. The summed E-state index contributed by atoms with van der Waals surface area (Å²) in [5.41, 5.74) is 0.350. The predicted molar refractivity (Wildman–Crippen MR) is 65.8 cm³/mol. The molecule has 18 heavy (non-hydrogen) atoms. The first kappa shape index (κ1) is 19.6. The quantitative estimate of drug-likeness (QED) is 0.276. The van der Waals surface area contributed by atoms with Gasteiger partial charge in [0, 0.05) is 5.57 Å². The van der Waals surface area contributed by atoms with E-state index >= 15 is 0 Å². The van der Waals surface area contributed by atoms with Gasteiger partial charge in [0.25, 0.3) is 0 Å². The Morgan fingerprint density at radius 3 is 2.22 bits per heavy atom. The average Bonchev–Trinajstić information content (AvgIpc) is 2.25. The fraction of sp³-hybridized carbons (Fsp3) is 0.700. The van der Waals surface area contributed by atoms with Crippen LogP contribution in [0.25, 0.3) is 0 Å². The molecule has 0 aliphatic carbocycles. The summed E-state index contributed by atoms with van der Waals surface area (Å²) in [6, 6.07) is 0. The van der Waals surface area contributed by atoms with Crippen molar-refractivity contribution >= 4 is 13.8 Å². The fourth-order valence-electron chi connectivity index (χ4n) is 0.589. The molecule has 108 valence electrons. The highest BCUT2D eigenvalue weighted by molar-refractivity contribution is 7.46. The highest BCUT2D eigenvalue weighted by atomic mass is 31.2. The third-order valence-corrected chi connectivity index (χ3v) is 1.95. The standard InChI is InChI=1S/C6H10O3.C4H11O4P/c1-5(2)6(8)9-4-3-7;1-2-3-4-8-9(5,6)7/h7H,1,3-4H2,2H3;2-4H2,1H3,(H2,5,6,7). The second-order valence-corrected chi connectivity index (χ2v) is 4.56. The Morgan fingerprint density at radius 1 is 1.33 bits per heavy atom. The van der Waals surface area contributed by atoms with Crippen LogP contribution in [0.2, 0.25) is 0 Å². The molecule has 0 saturated heterocycles. The molecule has 8 heteroatoms. The number of hydrogen-bond acceptors (Lipinski definition) is 5. The smallest absolute Gasteiger partial charge is 0.460 e. The van der Waals surface area contributed by atoms with Crippen LogP contribution in [-0.4, -0.2) is 40.7 Å². The molecular weight excluding hydrogens is 263 g/mol. The van der Waals surface area contributed by atoms with Crippen molar-refractivity contribution in [3.8, 4) is 0 Å². The molecule has 0 unspecified atom stereocenters. The van der Waals surface area contributed by atoms with Gasteiger partial charge in [0.2, 0.25) is 0 Å². The summed E-state index contributed by atoms with van der Waals surface area (Å²) in [7, 11) is -4.20. The van der Waals surface area contributed by atoms with Crippen LogP contribution in [0.4, 0.5) is 0 Å². The van der Waals surface area contributed by atoms with Crippen molar-refractivity contribution in [3.05, 3.63) is 12.2 Å². The van der Waals surface area contributed by atoms with Gasteiger partial charge < -0.3 is 19.6 Å². The fourth-order valence-corrected chi connectivity index (χ4v) is 0.956. The van der Waals surface area contributed by atoms with Crippen molar-refractivity contribution in [2.45, 2.75) is 26.7 Å². The molecule has 0 bridgehead atoms. The van der Waals surface area contributed by atoms with Gasteiger partial charge >= 0.3 is 13.8 Å². The number of carbonyl (C=O) groups is 1. The lowest BCUT2D eigenvalue weighted by Gasteiger charge is -2.02. The van der Waals surface area contributed by atoms with E-state index in [0.29, 0.717) is 12.0 Å². The Hall–Kier alpha value is -0.720. The largest absolute Gasteiger partial charge is 0.469 e. The van der Waals surface area contributed by atoms with Gasteiger partial charge in [-0.1, -0.05) is 19.9 Å². The summed E-state index contributed by atoms with van der Waals surface area (Å²) >= 11 is 0. The van der Waals surface area contributed by atoms with Gasteiger partial charge in [0.1, 0.15) is 6.61 Å². The van der Waals surface area contributed by atoms with Crippen LogP contribution in [0.1, 0.15) is 26.7 Å². The van der Waals surface area contributed by atoms with Crippen LogP contribution >= 0.6 is 7.82 Å². The maximum Gasteiger partial charge on any atom is 0.469 e. The molecule has 0 atom stereocenters. The third kappa shape index (κ3) is 17.7. The molecule has 0 aliphatic rings. The molecule has 0 fully saturated rings. The summed E-state index contributed by atoms with van der Waals surface area (Å²) in [5, 5.41) is 8.19. The molecule has 0 aromatic heterocycles. The second kappa shape index (κ2) is 11.4. The first-order valence-corrected chi connectivity index (χ1v) is 6.91. The number of aliphatic hydroxyl groups is 1. The molecular formula is C10H21O7P. The van der Waals surface area contributed by atoms with E-state index in [2.05, 4.69) is 15.8 Å². The van der Waals surface area contributed by atoms with Crippen molar-refractivity contribution in [2.24, 2.45) is 0 Å². The van der Waals surface area contributed by atoms with Crippen molar-refractivity contribution in [2.75, 3.05) is 19.8 Å². The monoisotopic (exact) mass is 284 g/mol. The number of carbonyl (C=O) groups excluding carboxylic acids is 1. The van der Waals surface area contributed by atoms with E-state index < -0.39 is 13.8 Å². The van der Waals surface area contributed by atoms with Gasteiger partial charge in [-0.2, -0.15) is 0 Å². The molecule has 0 aromatic rings. The van der Waals surface area contributed by atoms with Crippen LogP contribution in [-0.2, 0) is 18.6 Å². The van der Waals surface area contributed by atoms with Gasteiger partial charge in [-0.05, 0) is 13.3 Å². The van der Waals surface area contributed by atoms with Gasteiger partial charge in [0.05, 0.1) is 13.2 Å². The SMILES string of the molecule is C=C(C)C(=O)OCCO.CCCCOP(=O)(O)O. The van der Waals surface area contributed by atoms with E-state index in [0.717, 1.165) is 6.42 Å². The lowest BCUT2D eigenvalue weighted by molar-refractivity contribution is -0.139. The van der Waals surface area contributed by atoms with Gasteiger partial charge in [0.15, 0.2) is 0 Å². The number of rotatable bonds is 7. The van der Waals surface area contributed by atoms with Crippen LogP contribution in [0.15, 0.2) is 12.2 Å². The first-order chi connectivity index (χ1) is 8.24. The number of ether oxygens (including phenoxy) is 1. The summed E-state index contributed by atoms with van der Waals surface area (Å²) < 4.78 is 18.6. The van der Waals surface area contributed by atoms with Crippen molar-refractivity contribution in [1.29, 1.82) is 0 Å². The highest BCUT2D eigenvalue weighted by Crippen LogP contribution is 2.35. The maximum atomic E-state index is 10.5. The molecule has 0 aromatic carbocycles. The van der Waals surface area contributed by atoms with Crippen LogP contribution in [0.5, 0.6) is 0 Å².